The fourth-order valence-corrected chi connectivity index (χ4v) is 5.63. The Morgan fingerprint density at radius 3 is 2.17 bits per heavy atom. The first-order valence-corrected chi connectivity index (χ1v) is 15.0. The third-order valence-electron chi connectivity index (χ3n) is 6.55. The highest BCUT2D eigenvalue weighted by molar-refractivity contribution is 7.92. The lowest BCUT2D eigenvalue weighted by Gasteiger charge is -2.32. The monoisotopic (exact) mass is 623 g/mol. The number of hydrogen-bond acceptors (Lipinski definition) is 5. The van der Waals surface area contributed by atoms with Crippen LogP contribution in [0.5, 0.6) is 5.75 Å². The Morgan fingerprint density at radius 1 is 0.976 bits per heavy atom. The summed E-state index contributed by atoms with van der Waals surface area (Å²) in [5, 5.41) is 3.45. The summed E-state index contributed by atoms with van der Waals surface area (Å²) in [7, 11) is -2.85. The third-order valence-corrected chi connectivity index (χ3v) is 9.07. The molecule has 0 bridgehead atoms. The number of amides is 2. The van der Waals surface area contributed by atoms with Crippen LogP contribution in [0.1, 0.15) is 32.8 Å². The number of nitrogens with zero attached hydrogens (tertiary/aromatic N) is 2. The minimum atomic E-state index is -4.31. The first kappa shape index (κ1) is 32.2. The summed E-state index contributed by atoms with van der Waals surface area (Å²) in [5.74, 6) is -1.19. The number of rotatable bonds is 12. The highest BCUT2D eigenvalue weighted by Gasteiger charge is 2.33. The highest BCUT2D eigenvalue weighted by atomic mass is 35.5. The van der Waals surface area contributed by atoms with Crippen molar-refractivity contribution in [3.8, 4) is 5.75 Å². The molecule has 2 atom stereocenters. The van der Waals surface area contributed by atoms with E-state index in [4.69, 9.17) is 27.9 Å². The largest absolute Gasteiger partial charge is 0.497 e. The maximum atomic E-state index is 13.9. The van der Waals surface area contributed by atoms with Gasteiger partial charge in [-0.3, -0.25) is 13.9 Å². The predicted octanol–water partition coefficient (Wildman–Crippen LogP) is 5.67. The van der Waals surface area contributed by atoms with Gasteiger partial charge in [0.15, 0.2) is 0 Å². The maximum Gasteiger partial charge on any atom is 0.264 e. The number of benzene rings is 3. The summed E-state index contributed by atoms with van der Waals surface area (Å²) >= 11 is 12.2. The fourth-order valence-electron chi connectivity index (χ4n) is 3.89. The number of anilines is 1. The molecule has 0 unspecified atom stereocenters. The van der Waals surface area contributed by atoms with E-state index >= 15 is 0 Å². The second kappa shape index (κ2) is 14.0. The van der Waals surface area contributed by atoms with E-state index in [9.17, 15) is 22.4 Å². The van der Waals surface area contributed by atoms with Gasteiger partial charge in [0.1, 0.15) is 24.2 Å². The lowest BCUT2D eigenvalue weighted by molar-refractivity contribution is -0.139. The predicted molar refractivity (Wildman–Crippen MR) is 158 cm³/mol. The van der Waals surface area contributed by atoms with Gasteiger partial charge in [-0.25, -0.2) is 12.8 Å². The standard InChI is InChI=1S/C29H32Cl2FN3O5S/c1-5-19(2)33-29(37)20(3)34(17-21-6-15-26(30)27(31)16-21)28(36)18-35(23-9-7-22(32)8-10-23)41(38,39)25-13-11-24(40-4)12-14-25/h6-16,19-20H,5,17-18H2,1-4H3,(H,33,37)/t19-,20+/m1/s1. The molecule has 8 nitrogen and oxygen atoms in total. The molecule has 0 radical (unpaired) electrons. The zero-order valence-corrected chi connectivity index (χ0v) is 25.4. The summed E-state index contributed by atoms with van der Waals surface area (Å²) in [6, 6.07) is 14.1. The summed E-state index contributed by atoms with van der Waals surface area (Å²) in [4.78, 5) is 28.2. The molecular formula is C29H32Cl2FN3O5S. The molecule has 1 N–H and O–H groups in total. The minimum Gasteiger partial charge on any atom is -0.497 e. The van der Waals surface area contributed by atoms with Crippen LogP contribution in [-0.4, -0.2) is 50.9 Å². The Hall–Kier alpha value is -3.34. The molecule has 0 spiro atoms. The second-order valence-corrected chi connectivity index (χ2v) is 12.1. The Balaban J connectivity index is 2.03. The van der Waals surface area contributed by atoms with Gasteiger partial charge in [-0.05, 0) is 86.5 Å². The minimum absolute atomic E-state index is 0.0509. The van der Waals surface area contributed by atoms with Crippen LogP contribution in [0.25, 0.3) is 0 Å². The van der Waals surface area contributed by atoms with Crippen molar-refractivity contribution in [3.05, 3.63) is 88.2 Å². The summed E-state index contributed by atoms with van der Waals surface area (Å²) in [6.07, 6.45) is 0.678. The summed E-state index contributed by atoms with van der Waals surface area (Å²) in [6.45, 7) is 4.60. The quantitative estimate of drug-likeness (QED) is 0.280. The van der Waals surface area contributed by atoms with Crippen LogP contribution in [0, 0.1) is 5.82 Å². The molecule has 12 heteroatoms. The van der Waals surface area contributed by atoms with E-state index in [1.54, 1.807) is 25.1 Å². The van der Waals surface area contributed by atoms with Gasteiger partial charge in [-0.15, -0.1) is 0 Å². The number of nitrogens with one attached hydrogen (secondary N) is 1. The van der Waals surface area contributed by atoms with Crippen molar-refractivity contribution < 1.29 is 27.1 Å². The van der Waals surface area contributed by atoms with Crippen LogP contribution in [0.15, 0.2) is 71.6 Å². The van der Waals surface area contributed by atoms with Gasteiger partial charge in [0.05, 0.1) is 27.7 Å². The van der Waals surface area contributed by atoms with Crippen molar-refractivity contribution in [1.82, 2.24) is 10.2 Å². The van der Waals surface area contributed by atoms with E-state index in [-0.39, 0.29) is 28.2 Å². The van der Waals surface area contributed by atoms with Gasteiger partial charge in [0.2, 0.25) is 11.8 Å². The van der Waals surface area contributed by atoms with Crippen molar-refractivity contribution in [2.75, 3.05) is 18.0 Å². The Bertz CT molecular complexity index is 1470. The van der Waals surface area contributed by atoms with Gasteiger partial charge in [0, 0.05) is 12.6 Å². The molecule has 0 saturated heterocycles. The van der Waals surface area contributed by atoms with E-state index in [1.165, 1.54) is 48.4 Å². The molecular weight excluding hydrogens is 592 g/mol. The number of halogens is 3. The van der Waals surface area contributed by atoms with Crippen molar-refractivity contribution in [3.63, 3.8) is 0 Å². The molecule has 41 heavy (non-hydrogen) atoms. The third kappa shape index (κ3) is 8.12. The number of methoxy groups -OCH3 is 1. The maximum absolute atomic E-state index is 13.9. The zero-order valence-electron chi connectivity index (χ0n) is 23.1. The molecule has 3 aromatic rings. The van der Waals surface area contributed by atoms with Crippen LogP contribution in [0.3, 0.4) is 0 Å². The molecule has 220 valence electrons. The molecule has 2 amide bonds. The van der Waals surface area contributed by atoms with Crippen LogP contribution in [-0.2, 0) is 26.2 Å². The van der Waals surface area contributed by atoms with Gasteiger partial charge in [-0.1, -0.05) is 36.2 Å². The summed E-state index contributed by atoms with van der Waals surface area (Å²) in [5.41, 5.74) is 0.657. The van der Waals surface area contributed by atoms with Crippen molar-refractivity contribution in [2.24, 2.45) is 0 Å². The highest BCUT2D eigenvalue weighted by Crippen LogP contribution is 2.27. The average molecular weight is 625 g/mol. The molecule has 0 heterocycles. The van der Waals surface area contributed by atoms with E-state index in [0.29, 0.717) is 22.8 Å². The number of ether oxygens (including phenoxy) is 1. The molecule has 0 aromatic heterocycles. The SMILES string of the molecule is CC[C@@H](C)NC(=O)[C@H](C)N(Cc1ccc(Cl)c(Cl)c1)C(=O)CN(c1ccc(F)cc1)S(=O)(=O)c1ccc(OC)cc1. The van der Waals surface area contributed by atoms with Crippen molar-refractivity contribution in [1.29, 1.82) is 0 Å². The molecule has 0 aliphatic carbocycles. The number of carbonyl (C=O) groups is 2. The van der Waals surface area contributed by atoms with Crippen molar-refractivity contribution in [2.45, 2.75) is 50.7 Å². The topological polar surface area (TPSA) is 96.0 Å². The molecule has 3 rings (SSSR count). The Morgan fingerprint density at radius 2 is 1.61 bits per heavy atom. The first-order valence-electron chi connectivity index (χ1n) is 12.8. The number of sulfonamides is 1. The lowest BCUT2D eigenvalue weighted by atomic mass is 10.1. The fraction of sp³-hybridized carbons (Fsp3) is 0.310. The Kier molecular flexibility index (Phi) is 11.0. The average Bonchev–Trinajstić information content (AvgIpc) is 2.96. The molecule has 0 fully saturated rings. The van der Waals surface area contributed by atoms with Gasteiger partial charge < -0.3 is 15.0 Å². The van der Waals surface area contributed by atoms with Gasteiger partial charge >= 0.3 is 0 Å². The molecule has 0 aliphatic rings. The van der Waals surface area contributed by atoms with E-state index in [2.05, 4.69) is 5.32 Å². The van der Waals surface area contributed by atoms with E-state index in [0.717, 1.165) is 16.4 Å². The van der Waals surface area contributed by atoms with Crippen LogP contribution in [0.2, 0.25) is 10.0 Å². The number of carbonyl (C=O) groups excluding carboxylic acids is 2. The van der Waals surface area contributed by atoms with E-state index < -0.39 is 40.2 Å². The van der Waals surface area contributed by atoms with Gasteiger partial charge in [-0.2, -0.15) is 0 Å². The lowest BCUT2D eigenvalue weighted by Crippen LogP contribution is -2.52. The normalized spacial score (nSPS) is 12.8. The first-order chi connectivity index (χ1) is 19.4. The summed E-state index contributed by atoms with van der Waals surface area (Å²) < 4.78 is 47.4. The van der Waals surface area contributed by atoms with Crippen LogP contribution in [0.4, 0.5) is 10.1 Å². The van der Waals surface area contributed by atoms with Crippen LogP contribution >= 0.6 is 23.2 Å². The molecule has 0 aliphatic heterocycles. The Labute approximate surface area is 250 Å². The second-order valence-electron chi connectivity index (χ2n) is 9.43. The van der Waals surface area contributed by atoms with Gasteiger partial charge in [0.25, 0.3) is 10.0 Å². The zero-order chi connectivity index (χ0) is 30.3. The molecule has 0 saturated carbocycles. The van der Waals surface area contributed by atoms with E-state index in [1.807, 2.05) is 13.8 Å². The molecule has 3 aromatic carbocycles. The smallest absolute Gasteiger partial charge is 0.264 e. The number of hydrogen-bond donors (Lipinski definition) is 1. The van der Waals surface area contributed by atoms with Crippen molar-refractivity contribution >= 4 is 50.7 Å². The van der Waals surface area contributed by atoms with Crippen LogP contribution < -0.4 is 14.4 Å².